The van der Waals surface area contributed by atoms with Gasteiger partial charge in [-0.15, -0.1) is 5.10 Å². The van der Waals surface area contributed by atoms with E-state index in [4.69, 9.17) is 4.74 Å². The van der Waals surface area contributed by atoms with Gasteiger partial charge in [0.25, 0.3) is 0 Å². The minimum absolute atomic E-state index is 0.0332. The highest BCUT2D eigenvalue weighted by atomic mass is 16.5. The van der Waals surface area contributed by atoms with Gasteiger partial charge in [0.15, 0.2) is 11.2 Å². The fraction of sp³-hybridized carbons (Fsp3) is 0.364. The van der Waals surface area contributed by atoms with E-state index < -0.39 is 5.97 Å². The van der Waals surface area contributed by atoms with Crippen LogP contribution in [0.15, 0.2) is 42.9 Å². The number of carboxylic acid groups (broad SMARTS) is 1. The lowest BCUT2D eigenvalue weighted by Gasteiger charge is -2.12. The second-order valence-corrected chi connectivity index (χ2v) is 8.13. The molecule has 0 amide bonds. The average Bonchev–Trinajstić information content (AvgIpc) is 3.57. The van der Waals surface area contributed by atoms with Crippen LogP contribution in [0.2, 0.25) is 0 Å². The van der Waals surface area contributed by atoms with Crippen LogP contribution in [-0.4, -0.2) is 65.6 Å². The van der Waals surface area contributed by atoms with E-state index in [-0.39, 0.29) is 12.0 Å². The number of benzene rings is 1. The molecule has 0 bridgehead atoms. The van der Waals surface area contributed by atoms with Gasteiger partial charge < -0.3 is 15.2 Å². The molecule has 5 rings (SSSR count). The van der Waals surface area contributed by atoms with Crippen LogP contribution in [0.3, 0.4) is 0 Å². The number of aromatic nitrogens is 7. The molecule has 3 aromatic heterocycles. The predicted molar refractivity (Wildman–Crippen MR) is 120 cm³/mol. The molecule has 170 valence electrons. The first-order valence-electron chi connectivity index (χ1n) is 10.8. The van der Waals surface area contributed by atoms with Gasteiger partial charge >= 0.3 is 5.97 Å². The molecule has 2 N–H and O–H groups in total. The lowest BCUT2D eigenvalue weighted by molar-refractivity contribution is -0.141. The normalized spacial score (nSPS) is 18.1. The Balaban J connectivity index is 1.40. The summed E-state index contributed by atoms with van der Waals surface area (Å²) >= 11 is 0. The lowest BCUT2D eigenvalue weighted by atomic mass is 10.1. The summed E-state index contributed by atoms with van der Waals surface area (Å²) in [6.07, 6.45) is 7.42. The monoisotopic (exact) mass is 448 g/mol. The molecule has 0 saturated heterocycles. The topological polar surface area (TPSA) is 133 Å². The molecule has 3 heterocycles. The number of ether oxygens (including phenoxy) is 1. The van der Waals surface area contributed by atoms with Crippen LogP contribution in [0.4, 0.5) is 5.95 Å². The number of carbonyl (C=O) groups is 1. The van der Waals surface area contributed by atoms with E-state index in [2.05, 4.69) is 30.7 Å². The van der Waals surface area contributed by atoms with E-state index in [1.54, 1.807) is 18.0 Å². The fourth-order valence-corrected chi connectivity index (χ4v) is 4.13. The number of hydrogen-bond donors (Lipinski definition) is 2. The molecule has 2 atom stereocenters. The van der Waals surface area contributed by atoms with Gasteiger partial charge in [-0.2, -0.15) is 14.8 Å². The third-order valence-corrected chi connectivity index (χ3v) is 5.89. The molecule has 0 unspecified atom stereocenters. The van der Waals surface area contributed by atoms with Crippen molar-refractivity contribution in [3.05, 3.63) is 42.9 Å². The number of rotatable bonds is 8. The Morgan fingerprint density at radius 3 is 3.00 bits per heavy atom. The maximum Gasteiger partial charge on any atom is 0.306 e. The van der Waals surface area contributed by atoms with Gasteiger partial charge in [0, 0.05) is 24.9 Å². The van der Waals surface area contributed by atoms with Crippen molar-refractivity contribution in [2.45, 2.75) is 31.8 Å². The largest absolute Gasteiger partial charge is 0.481 e. The second-order valence-electron chi connectivity index (χ2n) is 8.13. The van der Waals surface area contributed by atoms with E-state index in [0.29, 0.717) is 43.1 Å². The van der Waals surface area contributed by atoms with Gasteiger partial charge in [0.05, 0.1) is 37.2 Å². The maximum atomic E-state index is 11.2. The van der Waals surface area contributed by atoms with E-state index in [0.717, 1.165) is 23.2 Å². The molecule has 0 aliphatic heterocycles. The van der Waals surface area contributed by atoms with Crippen molar-refractivity contribution >= 4 is 23.1 Å². The zero-order valence-electron chi connectivity index (χ0n) is 18.1. The van der Waals surface area contributed by atoms with Crippen molar-refractivity contribution in [3.8, 4) is 16.8 Å². The Morgan fingerprint density at radius 1 is 1.27 bits per heavy atom. The van der Waals surface area contributed by atoms with Crippen molar-refractivity contribution in [1.82, 2.24) is 34.7 Å². The highest BCUT2D eigenvalue weighted by molar-refractivity contribution is 5.73. The molecule has 1 aliphatic rings. The number of methoxy groups -OCH3 is 1. The lowest BCUT2D eigenvalue weighted by Crippen LogP contribution is -2.19. The smallest absolute Gasteiger partial charge is 0.306 e. The van der Waals surface area contributed by atoms with E-state index in [1.165, 1.54) is 0 Å². The Morgan fingerprint density at radius 2 is 2.18 bits per heavy atom. The van der Waals surface area contributed by atoms with Gasteiger partial charge in [-0.25, -0.2) is 4.98 Å². The number of aliphatic carboxylic acids is 1. The van der Waals surface area contributed by atoms with Gasteiger partial charge in [0.1, 0.15) is 0 Å². The Kier molecular flexibility index (Phi) is 5.69. The number of fused-ring (bicyclic) bond motifs is 1. The molecule has 33 heavy (non-hydrogen) atoms. The summed E-state index contributed by atoms with van der Waals surface area (Å²) in [5, 5.41) is 25.4. The summed E-state index contributed by atoms with van der Waals surface area (Å²) in [6.45, 7) is 1.28. The zero-order chi connectivity index (χ0) is 22.8. The average molecular weight is 448 g/mol. The molecule has 1 aliphatic carbocycles. The zero-order valence-corrected chi connectivity index (χ0v) is 18.1. The summed E-state index contributed by atoms with van der Waals surface area (Å²) in [7, 11) is 1.67. The Bertz CT molecular complexity index is 1280. The highest BCUT2D eigenvalue weighted by Crippen LogP contribution is 2.28. The minimum atomic E-state index is -0.748. The van der Waals surface area contributed by atoms with Crippen molar-refractivity contribution in [2.24, 2.45) is 5.92 Å². The van der Waals surface area contributed by atoms with Crippen LogP contribution in [0.5, 0.6) is 0 Å². The van der Waals surface area contributed by atoms with Crippen molar-refractivity contribution in [1.29, 1.82) is 0 Å². The summed E-state index contributed by atoms with van der Waals surface area (Å²) in [6, 6.07) is 7.95. The highest BCUT2D eigenvalue weighted by Gasteiger charge is 2.30. The minimum Gasteiger partial charge on any atom is -0.481 e. The first-order valence-corrected chi connectivity index (χ1v) is 10.8. The van der Waals surface area contributed by atoms with Crippen molar-refractivity contribution in [2.75, 3.05) is 19.0 Å². The number of anilines is 1. The number of hydrogen-bond acceptors (Lipinski definition) is 8. The molecule has 11 nitrogen and oxygen atoms in total. The first-order chi connectivity index (χ1) is 16.1. The van der Waals surface area contributed by atoms with Crippen LogP contribution >= 0.6 is 0 Å². The Labute approximate surface area is 189 Å². The first kappa shape index (κ1) is 21.0. The summed E-state index contributed by atoms with van der Waals surface area (Å²) in [5.41, 5.74) is 3.96. The van der Waals surface area contributed by atoms with Gasteiger partial charge in [0.2, 0.25) is 5.95 Å². The van der Waals surface area contributed by atoms with Gasteiger partial charge in [-0.3, -0.25) is 9.48 Å². The van der Waals surface area contributed by atoms with Crippen molar-refractivity contribution < 1.29 is 14.6 Å². The Hall–Kier alpha value is -3.86. The van der Waals surface area contributed by atoms with E-state index >= 15 is 0 Å². The third kappa shape index (κ3) is 4.40. The molecule has 1 fully saturated rings. The molecule has 11 heteroatoms. The molecular formula is C22H24N8O3. The molecule has 1 aromatic carbocycles. The quantitative estimate of drug-likeness (QED) is 0.417. The predicted octanol–water partition coefficient (Wildman–Crippen LogP) is 2.39. The molecule has 1 saturated carbocycles. The van der Waals surface area contributed by atoms with Gasteiger partial charge in [-0.05, 0) is 37.0 Å². The van der Waals surface area contributed by atoms with Gasteiger partial charge in [-0.1, -0.05) is 17.3 Å². The number of nitrogens with zero attached hydrogens (tertiary/aromatic N) is 7. The number of carboxylic acids is 1. The third-order valence-electron chi connectivity index (χ3n) is 5.89. The SMILES string of the molecule is COCCn1cc(-c2cccc(-n3nnc4cnc(N[C@@H]5CC[C@@H](C(=O)O)C5)nc43)c2)cn1. The second kappa shape index (κ2) is 8.94. The summed E-state index contributed by atoms with van der Waals surface area (Å²) in [4.78, 5) is 20.2. The van der Waals surface area contributed by atoms with E-state index in [9.17, 15) is 9.90 Å². The van der Waals surface area contributed by atoms with Crippen LogP contribution in [-0.2, 0) is 16.1 Å². The van der Waals surface area contributed by atoms with Crippen LogP contribution in [0.25, 0.3) is 28.0 Å². The molecule has 0 radical (unpaired) electrons. The van der Waals surface area contributed by atoms with Crippen LogP contribution < -0.4 is 5.32 Å². The summed E-state index contributed by atoms with van der Waals surface area (Å²) < 4.78 is 8.64. The molecule has 0 spiro atoms. The molecule has 4 aromatic rings. The van der Waals surface area contributed by atoms with Crippen molar-refractivity contribution in [3.63, 3.8) is 0 Å². The fourth-order valence-electron chi connectivity index (χ4n) is 4.13. The maximum absolute atomic E-state index is 11.2. The molecular weight excluding hydrogens is 424 g/mol. The van der Waals surface area contributed by atoms with Crippen LogP contribution in [0, 0.1) is 5.92 Å². The van der Waals surface area contributed by atoms with Crippen LogP contribution in [0.1, 0.15) is 19.3 Å². The number of nitrogens with one attached hydrogen (secondary N) is 1. The summed E-state index contributed by atoms with van der Waals surface area (Å²) in [5.74, 6) is -0.625. The van der Waals surface area contributed by atoms with E-state index in [1.807, 2.05) is 41.3 Å². The standard InChI is InChI=1S/C22H24N8O3/c1-33-8-7-29-13-16(11-24-29)14-3-2-4-18(10-14)30-20-19(27-28-30)12-23-22(26-20)25-17-6-5-15(9-17)21(31)32/h2-4,10-13,15,17H,5-9H2,1H3,(H,31,32)(H,23,25,26)/t15-,17-/m1/s1.